The van der Waals surface area contributed by atoms with E-state index in [2.05, 4.69) is 28.5 Å². The van der Waals surface area contributed by atoms with E-state index in [-0.39, 0.29) is 30.0 Å². The molecule has 1 aliphatic carbocycles. The summed E-state index contributed by atoms with van der Waals surface area (Å²) in [4.78, 5) is 21.8. The summed E-state index contributed by atoms with van der Waals surface area (Å²) in [5.41, 5.74) is 1.64. The molecule has 0 fully saturated rings. The van der Waals surface area contributed by atoms with Gasteiger partial charge in [-0.15, -0.1) is 11.3 Å². The van der Waals surface area contributed by atoms with Crippen LogP contribution in [-0.2, 0) is 11.3 Å². The molecule has 0 saturated carbocycles. The zero-order valence-corrected chi connectivity index (χ0v) is 18.6. The maximum absolute atomic E-state index is 14.5. The molecule has 0 radical (unpaired) electrons. The smallest absolute Gasteiger partial charge is 0.224 e. The zero-order valence-electron chi connectivity index (χ0n) is 17.8. The summed E-state index contributed by atoms with van der Waals surface area (Å²) in [6.07, 6.45) is 8.77. The van der Waals surface area contributed by atoms with E-state index in [1.54, 1.807) is 41.8 Å². The lowest BCUT2D eigenvalue weighted by Crippen LogP contribution is -2.34. The highest BCUT2D eigenvalue weighted by molar-refractivity contribution is 7.18. The molecule has 2 atom stereocenters. The first-order chi connectivity index (χ1) is 16.2. The Balaban J connectivity index is 1.26. The van der Waals surface area contributed by atoms with E-state index in [1.165, 1.54) is 12.3 Å². The molecule has 1 N–H and O–H groups in total. The number of aromatic nitrogens is 2. The van der Waals surface area contributed by atoms with E-state index in [0.29, 0.717) is 17.7 Å². The van der Waals surface area contributed by atoms with E-state index < -0.39 is 5.82 Å². The average molecular weight is 460 g/mol. The number of rotatable bonds is 6. The number of amides is 1. The van der Waals surface area contributed by atoms with Crippen LogP contribution in [0.15, 0.2) is 79.1 Å². The fraction of sp³-hybridized carbons (Fsp3) is 0.192. The normalized spacial score (nSPS) is 17.7. The maximum atomic E-state index is 14.5. The molecule has 2 aromatic heterocycles. The fourth-order valence-electron chi connectivity index (χ4n) is 4.02. The number of hydrogen-bond donors (Lipinski definition) is 1. The Morgan fingerprint density at radius 2 is 2.00 bits per heavy atom. The van der Waals surface area contributed by atoms with Crippen molar-refractivity contribution in [1.82, 2.24) is 15.3 Å². The Morgan fingerprint density at radius 1 is 1.12 bits per heavy atom. The number of thiazole rings is 1. The molecule has 4 aromatic rings. The van der Waals surface area contributed by atoms with Gasteiger partial charge in [-0.2, -0.15) is 0 Å². The number of nitrogens with one attached hydrogen (secondary N) is 1. The van der Waals surface area contributed by atoms with E-state index >= 15 is 0 Å². The summed E-state index contributed by atoms with van der Waals surface area (Å²) >= 11 is 1.65. The van der Waals surface area contributed by atoms with E-state index in [4.69, 9.17) is 9.72 Å². The van der Waals surface area contributed by atoms with Crippen molar-refractivity contribution in [3.05, 3.63) is 95.5 Å². The molecule has 2 heterocycles. The molecular formula is C26H22FN3O2S. The van der Waals surface area contributed by atoms with Crippen molar-refractivity contribution in [2.75, 3.05) is 0 Å². The average Bonchev–Trinajstić information content (AvgIpc) is 3.29. The number of allylic oxidation sites excluding steroid dienone is 2. The second-order valence-corrected chi connectivity index (χ2v) is 9.01. The summed E-state index contributed by atoms with van der Waals surface area (Å²) in [5, 5.41) is 3.97. The second kappa shape index (κ2) is 9.50. The maximum Gasteiger partial charge on any atom is 0.224 e. The van der Waals surface area contributed by atoms with E-state index in [0.717, 1.165) is 21.6 Å². The third-order valence-corrected chi connectivity index (χ3v) is 6.89. The predicted octanol–water partition coefficient (Wildman–Crippen LogP) is 5.99. The van der Waals surface area contributed by atoms with Gasteiger partial charge >= 0.3 is 0 Å². The van der Waals surface area contributed by atoms with Gasteiger partial charge < -0.3 is 10.1 Å². The van der Waals surface area contributed by atoms with E-state index in [9.17, 15) is 9.18 Å². The third kappa shape index (κ3) is 4.78. The van der Waals surface area contributed by atoms with Crippen LogP contribution in [0.25, 0.3) is 10.2 Å². The number of benzene rings is 2. The van der Waals surface area contributed by atoms with Crippen LogP contribution in [0.1, 0.15) is 29.3 Å². The molecular weight excluding hydrogens is 437 g/mol. The van der Waals surface area contributed by atoms with Crippen molar-refractivity contribution in [2.45, 2.75) is 25.3 Å². The summed E-state index contributed by atoms with van der Waals surface area (Å²) in [6.45, 7) is 0.246. The molecule has 2 unspecified atom stereocenters. The van der Waals surface area contributed by atoms with Crippen LogP contribution in [0.2, 0.25) is 0 Å². The minimum Gasteiger partial charge on any atom is -0.453 e. The highest BCUT2D eigenvalue weighted by Crippen LogP contribution is 2.38. The first-order valence-corrected chi connectivity index (χ1v) is 11.6. The molecule has 5 rings (SSSR count). The van der Waals surface area contributed by atoms with Gasteiger partial charge in [-0.05, 0) is 54.8 Å². The standard InChI is InChI=1S/C26H22FN3O2S/c27-21-14-17(11-12-23(21)32-18-6-5-13-28-16-18)15-29-25(31)19-7-1-2-8-20(19)26-30-22-9-3-4-10-24(22)33-26/h1-6,9-14,16,19-20H,7-8,15H2,(H,29,31). The van der Waals surface area contributed by atoms with Crippen molar-refractivity contribution >= 4 is 27.5 Å². The van der Waals surface area contributed by atoms with Gasteiger partial charge in [0.2, 0.25) is 5.91 Å². The number of fused-ring (bicyclic) bond motifs is 1. The van der Waals surface area contributed by atoms with Crippen molar-refractivity contribution in [2.24, 2.45) is 5.92 Å². The SMILES string of the molecule is O=C(NCc1ccc(Oc2cccnc2)c(F)c1)C1CC=CCC1c1nc2ccccc2s1. The minimum atomic E-state index is -0.487. The van der Waals surface area contributed by atoms with E-state index in [1.807, 2.05) is 18.2 Å². The van der Waals surface area contributed by atoms with Gasteiger partial charge in [0, 0.05) is 18.7 Å². The monoisotopic (exact) mass is 459 g/mol. The lowest BCUT2D eigenvalue weighted by molar-refractivity contribution is -0.125. The minimum absolute atomic E-state index is 0.0411. The number of ether oxygens (including phenoxy) is 1. The third-order valence-electron chi connectivity index (χ3n) is 5.72. The molecule has 166 valence electrons. The number of carbonyl (C=O) groups is 1. The van der Waals surface area contributed by atoms with Crippen LogP contribution in [0.3, 0.4) is 0 Å². The topological polar surface area (TPSA) is 64.1 Å². The number of pyridine rings is 1. The van der Waals surface area contributed by atoms with Crippen molar-refractivity contribution < 1.29 is 13.9 Å². The lowest BCUT2D eigenvalue weighted by atomic mass is 9.82. The largest absolute Gasteiger partial charge is 0.453 e. The lowest BCUT2D eigenvalue weighted by Gasteiger charge is -2.26. The fourth-order valence-corrected chi connectivity index (χ4v) is 5.16. The van der Waals surface area contributed by atoms with Crippen LogP contribution in [-0.4, -0.2) is 15.9 Å². The first kappa shape index (κ1) is 21.3. The number of para-hydroxylation sites is 1. The number of nitrogens with zero attached hydrogens (tertiary/aromatic N) is 2. The summed E-state index contributed by atoms with van der Waals surface area (Å²) < 4.78 is 21.2. The van der Waals surface area contributed by atoms with Gasteiger partial charge in [0.25, 0.3) is 0 Å². The van der Waals surface area contributed by atoms with Crippen LogP contribution in [0, 0.1) is 11.7 Å². The Bertz CT molecular complexity index is 1270. The Labute approximate surface area is 195 Å². The molecule has 0 spiro atoms. The molecule has 5 nitrogen and oxygen atoms in total. The Morgan fingerprint density at radius 3 is 2.82 bits per heavy atom. The first-order valence-electron chi connectivity index (χ1n) is 10.8. The van der Waals surface area contributed by atoms with Crippen molar-refractivity contribution in [1.29, 1.82) is 0 Å². The van der Waals surface area contributed by atoms with Crippen LogP contribution in [0.4, 0.5) is 4.39 Å². The summed E-state index contributed by atoms with van der Waals surface area (Å²) in [7, 11) is 0. The summed E-state index contributed by atoms with van der Waals surface area (Å²) in [5.74, 6) is -0.110. The van der Waals surface area contributed by atoms with Gasteiger partial charge in [-0.3, -0.25) is 9.78 Å². The molecule has 0 saturated heterocycles. The second-order valence-electron chi connectivity index (χ2n) is 7.95. The zero-order chi connectivity index (χ0) is 22.6. The molecule has 1 amide bonds. The number of carbonyl (C=O) groups excluding carboxylic acids is 1. The Hall–Kier alpha value is -3.58. The summed E-state index contributed by atoms with van der Waals surface area (Å²) in [6, 6.07) is 16.2. The van der Waals surface area contributed by atoms with Gasteiger partial charge in [0.1, 0.15) is 5.75 Å². The van der Waals surface area contributed by atoms with Crippen LogP contribution >= 0.6 is 11.3 Å². The quantitative estimate of drug-likeness (QED) is 0.360. The number of hydrogen-bond acceptors (Lipinski definition) is 5. The van der Waals surface area contributed by atoms with Crippen molar-refractivity contribution in [3.63, 3.8) is 0 Å². The van der Waals surface area contributed by atoms with Gasteiger partial charge in [0.05, 0.1) is 27.3 Å². The highest BCUT2D eigenvalue weighted by atomic mass is 32.1. The predicted molar refractivity (Wildman–Crippen MR) is 127 cm³/mol. The van der Waals surface area contributed by atoms with Crippen molar-refractivity contribution in [3.8, 4) is 11.5 Å². The Kier molecular flexibility index (Phi) is 6.13. The van der Waals surface area contributed by atoms with Gasteiger partial charge in [-0.25, -0.2) is 9.37 Å². The van der Waals surface area contributed by atoms with Gasteiger partial charge in [-0.1, -0.05) is 30.4 Å². The molecule has 7 heteroatoms. The molecule has 0 bridgehead atoms. The van der Waals surface area contributed by atoms with Crippen LogP contribution < -0.4 is 10.1 Å². The molecule has 33 heavy (non-hydrogen) atoms. The molecule has 2 aromatic carbocycles. The van der Waals surface area contributed by atoms with Gasteiger partial charge in [0.15, 0.2) is 11.6 Å². The number of halogens is 1. The molecule has 0 aliphatic heterocycles. The van der Waals surface area contributed by atoms with Crippen LogP contribution in [0.5, 0.6) is 11.5 Å². The highest BCUT2D eigenvalue weighted by Gasteiger charge is 2.32. The molecule has 1 aliphatic rings.